The van der Waals surface area contributed by atoms with E-state index in [4.69, 9.17) is 25.7 Å². The first-order valence-electron chi connectivity index (χ1n) is 8.58. The molecule has 146 valence electrons. The lowest BCUT2D eigenvalue weighted by molar-refractivity contribution is -0.260. The first-order chi connectivity index (χ1) is 13.1. The number of carbonyl (C=O) groups excluding carboxylic acids is 1. The minimum atomic E-state index is -0.620. The first kappa shape index (κ1) is 19.6. The molecule has 3 rings (SSSR count). The highest BCUT2D eigenvalue weighted by molar-refractivity contribution is 6.30. The minimum Gasteiger partial charge on any atom is -0.379 e. The molecule has 27 heavy (non-hydrogen) atoms. The van der Waals surface area contributed by atoms with Gasteiger partial charge in [0, 0.05) is 30.2 Å². The van der Waals surface area contributed by atoms with Crippen LogP contribution >= 0.6 is 11.6 Å². The number of aromatic nitrogens is 1. The summed E-state index contributed by atoms with van der Waals surface area (Å²) in [5.41, 5.74) is 0.386. The molecule has 1 aliphatic heterocycles. The van der Waals surface area contributed by atoms with Gasteiger partial charge in [-0.25, -0.2) is 4.79 Å². The lowest BCUT2D eigenvalue weighted by Crippen LogP contribution is -2.43. The number of halogens is 1. The van der Waals surface area contributed by atoms with Gasteiger partial charge in [0.05, 0.1) is 38.9 Å². The van der Waals surface area contributed by atoms with Gasteiger partial charge in [0.25, 0.3) is 5.56 Å². The van der Waals surface area contributed by atoms with Crippen LogP contribution in [0.25, 0.3) is 11.3 Å². The van der Waals surface area contributed by atoms with Crippen LogP contribution in [0.2, 0.25) is 5.02 Å². The molecule has 1 unspecified atom stereocenters. The lowest BCUT2D eigenvalue weighted by Gasteiger charge is -2.29. The highest BCUT2D eigenvalue weighted by Crippen LogP contribution is 2.21. The second kappa shape index (κ2) is 9.18. The fourth-order valence-electron chi connectivity index (χ4n) is 2.90. The average molecular weight is 397 g/mol. The number of carbonyl (C=O) groups is 1. The summed E-state index contributed by atoms with van der Waals surface area (Å²) in [7, 11) is 1.27. The molecule has 1 saturated heterocycles. The Morgan fingerprint density at radius 2 is 1.93 bits per heavy atom. The average Bonchev–Trinajstić information content (AvgIpc) is 3.03. The molecule has 9 heteroatoms. The zero-order valence-electron chi connectivity index (χ0n) is 14.9. The molecular weight excluding hydrogens is 376 g/mol. The van der Waals surface area contributed by atoms with Crippen molar-refractivity contribution in [3.63, 3.8) is 0 Å². The Bertz CT molecular complexity index is 810. The summed E-state index contributed by atoms with van der Waals surface area (Å²) in [4.78, 5) is 35.9. The fourth-order valence-corrected chi connectivity index (χ4v) is 3.03. The Balaban J connectivity index is 1.77. The third-order valence-electron chi connectivity index (χ3n) is 4.30. The van der Waals surface area contributed by atoms with Crippen molar-refractivity contribution >= 4 is 17.6 Å². The number of nitrogens with zero attached hydrogens (tertiary/aromatic N) is 2. The zero-order valence-corrected chi connectivity index (χ0v) is 15.7. The predicted molar refractivity (Wildman–Crippen MR) is 97.3 cm³/mol. The van der Waals surface area contributed by atoms with E-state index in [1.165, 1.54) is 13.2 Å². The number of hydrogen-bond acceptors (Lipinski definition) is 7. The van der Waals surface area contributed by atoms with E-state index >= 15 is 0 Å². The summed E-state index contributed by atoms with van der Waals surface area (Å²) < 4.78 is 12.1. The van der Waals surface area contributed by atoms with Gasteiger partial charge in [0.2, 0.25) is 0 Å². The third-order valence-corrected chi connectivity index (χ3v) is 4.56. The van der Waals surface area contributed by atoms with E-state index in [2.05, 4.69) is 9.79 Å². The SMILES string of the molecule is COOC(=O)C(CN1CCOCC1)Cn1oc(-c2ccc(Cl)cc2)cc1=O. The van der Waals surface area contributed by atoms with E-state index in [0.29, 0.717) is 43.6 Å². The van der Waals surface area contributed by atoms with Gasteiger partial charge in [-0.1, -0.05) is 11.6 Å². The summed E-state index contributed by atoms with van der Waals surface area (Å²) >= 11 is 5.89. The van der Waals surface area contributed by atoms with Gasteiger partial charge in [-0.05, 0) is 24.3 Å². The van der Waals surface area contributed by atoms with Crippen LogP contribution < -0.4 is 5.56 Å². The summed E-state index contributed by atoms with van der Waals surface area (Å²) in [6.45, 7) is 3.08. The number of ether oxygens (including phenoxy) is 1. The Hall–Kier alpha value is -2.13. The molecular formula is C18H21ClN2O6. The number of benzene rings is 1. The van der Waals surface area contributed by atoms with Crippen molar-refractivity contribution in [3.8, 4) is 11.3 Å². The zero-order chi connectivity index (χ0) is 19.2. The van der Waals surface area contributed by atoms with Gasteiger partial charge in [0.15, 0.2) is 5.76 Å². The minimum absolute atomic E-state index is 0.0476. The quantitative estimate of drug-likeness (QED) is 0.521. The maximum absolute atomic E-state index is 12.3. The van der Waals surface area contributed by atoms with Crippen molar-refractivity contribution in [2.75, 3.05) is 40.0 Å². The van der Waals surface area contributed by atoms with Crippen molar-refractivity contribution in [1.82, 2.24) is 9.64 Å². The molecule has 0 N–H and O–H groups in total. The van der Waals surface area contributed by atoms with Crippen molar-refractivity contribution in [2.24, 2.45) is 5.92 Å². The monoisotopic (exact) mass is 396 g/mol. The molecule has 2 heterocycles. The van der Waals surface area contributed by atoms with Crippen molar-refractivity contribution in [1.29, 1.82) is 0 Å². The molecule has 2 aromatic rings. The highest BCUT2D eigenvalue weighted by Gasteiger charge is 2.27. The predicted octanol–water partition coefficient (Wildman–Crippen LogP) is 1.81. The first-order valence-corrected chi connectivity index (χ1v) is 8.96. The molecule has 0 saturated carbocycles. The molecule has 1 fully saturated rings. The molecule has 0 radical (unpaired) electrons. The van der Waals surface area contributed by atoms with Crippen molar-refractivity contribution in [2.45, 2.75) is 6.54 Å². The smallest absolute Gasteiger partial charge is 0.348 e. The number of morpholine rings is 1. The Labute approximate surface area is 161 Å². The van der Waals surface area contributed by atoms with Gasteiger partial charge < -0.3 is 9.26 Å². The van der Waals surface area contributed by atoms with Gasteiger partial charge in [0.1, 0.15) is 0 Å². The maximum atomic E-state index is 12.3. The summed E-state index contributed by atoms with van der Waals surface area (Å²) in [5, 5.41) is 0.591. The van der Waals surface area contributed by atoms with Crippen LogP contribution in [0, 0.1) is 5.92 Å². The van der Waals surface area contributed by atoms with Crippen LogP contribution in [-0.4, -0.2) is 55.6 Å². The highest BCUT2D eigenvalue weighted by atomic mass is 35.5. The van der Waals surface area contributed by atoms with Crippen molar-refractivity contribution < 1.29 is 23.8 Å². The van der Waals surface area contributed by atoms with Gasteiger partial charge >= 0.3 is 5.97 Å². The standard InChI is InChI=1S/C18H21ClN2O6/c1-24-27-18(23)14(11-20-6-8-25-9-7-20)12-21-17(22)10-16(26-21)13-2-4-15(19)5-3-13/h2-5,10,14H,6-9,11-12H2,1H3. The molecule has 0 bridgehead atoms. The van der Waals surface area contributed by atoms with E-state index in [1.54, 1.807) is 24.3 Å². The summed E-state index contributed by atoms with van der Waals surface area (Å²) in [5.74, 6) is -0.771. The largest absolute Gasteiger partial charge is 0.379 e. The normalized spacial score (nSPS) is 16.2. The van der Waals surface area contributed by atoms with Crippen LogP contribution in [0.3, 0.4) is 0 Å². The molecule has 1 aliphatic rings. The number of hydrogen-bond donors (Lipinski definition) is 0. The summed E-state index contributed by atoms with van der Waals surface area (Å²) in [6.07, 6.45) is 0. The van der Waals surface area contributed by atoms with Gasteiger partial charge in [-0.15, -0.1) is 0 Å². The number of rotatable bonds is 7. The molecule has 0 amide bonds. The molecule has 0 aliphatic carbocycles. The van der Waals surface area contributed by atoms with Crippen molar-refractivity contribution in [3.05, 3.63) is 45.7 Å². The summed E-state index contributed by atoms with van der Waals surface area (Å²) in [6, 6.07) is 8.33. The maximum Gasteiger partial charge on any atom is 0.348 e. The molecule has 1 atom stereocenters. The fraction of sp³-hybridized carbons (Fsp3) is 0.444. The second-order valence-electron chi connectivity index (χ2n) is 6.19. The topological polar surface area (TPSA) is 83.1 Å². The van der Waals surface area contributed by atoms with E-state index < -0.39 is 11.9 Å². The van der Waals surface area contributed by atoms with E-state index in [0.717, 1.165) is 10.3 Å². The van der Waals surface area contributed by atoms with Gasteiger partial charge in [-0.2, -0.15) is 9.63 Å². The Morgan fingerprint density at radius 3 is 2.59 bits per heavy atom. The Kier molecular flexibility index (Phi) is 6.68. The molecule has 8 nitrogen and oxygen atoms in total. The lowest BCUT2D eigenvalue weighted by atomic mass is 10.1. The molecule has 0 spiro atoms. The van der Waals surface area contributed by atoms with Crippen LogP contribution in [0.1, 0.15) is 0 Å². The third kappa shape index (κ3) is 5.20. The van der Waals surface area contributed by atoms with Gasteiger partial charge in [-0.3, -0.25) is 14.6 Å². The van der Waals surface area contributed by atoms with Crippen LogP contribution in [0.5, 0.6) is 0 Å². The van der Waals surface area contributed by atoms with Crippen LogP contribution in [-0.2, 0) is 25.9 Å². The van der Waals surface area contributed by atoms with Crippen LogP contribution in [0.4, 0.5) is 0 Å². The van der Waals surface area contributed by atoms with E-state index in [-0.39, 0.29) is 12.1 Å². The Morgan fingerprint density at radius 1 is 1.22 bits per heavy atom. The second-order valence-corrected chi connectivity index (χ2v) is 6.62. The van der Waals surface area contributed by atoms with E-state index in [1.807, 2.05) is 0 Å². The molecule has 1 aromatic carbocycles. The van der Waals surface area contributed by atoms with E-state index in [9.17, 15) is 9.59 Å². The van der Waals surface area contributed by atoms with Crippen LogP contribution in [0.15, 0.2) is 39.6 Å². The molecule has 1 aromatic heterocycles.